The van der Waals surface area contributed by atoms with Gasteiger partial charge in [0.05, 0.1) is 17.4 Å². The first-order chi connectivity index (χ1) is 11.7. The number of nitrogens with zero attached hydrogens (tertiary/aromatic N) is 3. The summed E-state index contributed by atoms with van der Waals surface area (Å²) in [7, 11) is 1.86. The van der Waals surface area contributed by atoms with Crippen molar-refractivity contribution in [3.63, 3.8) is 0 Å². The predicted octanol–water partition coefficient (Wildman–Crippen LogP) is 3.52. The molecule has 0 spiro atoms. The van der Waals surface area contributed by atoms with E-state index in [9.17, 15) is 4.79 Å². The van der Waals surface area contributed by atoms with Crippen molar-refractivity contribution in [3.05, 3.63) is 59.4 Å². The van der Waals surface area contributed by atoms with Crippen LogP contribution in [-0.4, -0.2) is 35.9 Å². The number of rotatable bonds is 5. The molecular weight excluding hydrogens is 298 g/mol. The van der Waals surface area contributed by atoms with Crippen molar-refractivity contribution >= 4 is 11.6 Å². The predicted molar refractivity (Wildman–Crippen MR) is 97.3 cm³/mol. The molecule has 1 aromatic carbocycles. The highest BCUT2D eigenvalue weighted by Gasteiger charge is 2.18. The minimum Gasteiger partial charge on any atom is -0.366 e. The third-order valence-electron chi connectivity index (χ3n) is 4.66. The lowest BCUT2D eigenvalue weighted by atomic mass is 9.99. The van der Waals surface area contributed by atoms with Crippen LogP contribution in [0, 0.1) is 0 Å². The van der Waals surface area contributed by atoms with Gasteiger partial charge in [-0.1, -0.05) is 37.6 Å². The zero-order chi connectivity index (χ0) is 16.9. The van der Waals surface area contributed by atoms with Crippen LogP contribution in [0.5, 0.6) is 0 Å². The van der Waals surface area contributed by atoms with Crippen molar-refractivity contribution in [2.24, 2.45) is 0 Å². The molecule has 1 aliphatic rings. The normalized spacial score (nSPS) is 13.5. The molecule has 1 aliphatic heterocycles. The van der Waals surface area contributed by atoms with Crippen LogP contribution >= 0.6 is 0 Å². The standard InChI is InChI=1S/C20H25N3O/c1-3-4-10-22(2)20(24)18-12-19(14-21-13-18)23-11-9-16-7-5-6-8-17(16)15-23/h5-8,12-14H,3-4,9-11,15H2,1-2H3. The number of hydrogen-bond donors (Lipinski definition) is 0. The maximum Gasteiger partial charge on any atom is 0.255 e. The monoisotopic (exact) mass is 323 g/mol. The van der Waals surface area contributed by atoms with Crippen molar-refractivity contribution < 1.29 is 4.79 Å². The van der Waals surface area contributed by atoms with Gasteiger partial charge >= 0.3 is 0 Å². The molecule has 1 aromatic heterocycles. The van der Waals surface area contributed by atoms with E-state index in [1.807, 2.05) is 19.3 Å². The molecule has 0 bridgehead atoms. The smallest absolute Gasteiger partial charge is 0.255 e. The van der Waals surface area contributed by atoms with Crippen LogP contribution in [0.15, 0.2) is 42.7 Å². The quantitative estimate of drug-likeness (QED) is 0.845. The summed E-state index contributed by atoms with van der Waals surface area (Å²) in [6.45, 7) is 4.76. The number of amides is 1. The third kappa shape index (κ3) is 3.58. The van der Waals surface area contributed by atoms with E-state index in [1.54, 1.807) is 11.1 Å². The van der Waals surface area contributed by atoms with E-state index < -0.39 is 0 Å². The molecular formula is C20H25N3O. The summed E-state index contributed by atoms with van der Waals surface area (Å²) in [5.74, 6) is 0.0511. The van der Waals surface area contributed by atoms with Crippen LogP contribution in [0.1, 0.15) is 41.3 Å². The number of anilines is 1. The van der Waals surface area contributed by atoms with Crippen LogP contribution in [0.25, 0.3) is 0 Å². The minimum atomic E-state index is 0.0511. The summed E-state index contributed by atoms with van der Waals surface area (Å²) < 4.78 is 0. The lowest BCUT2D eigenvalue weighted by Crippen LogP contribution is -2.31. The summed E-state index contributed by atoms with van der Waals surface area (Å²) >= 11 is 0. The Morgan fingerprint density at radius 1 is 1.25 bits per heavy atom. The van der Waals surface area contributed by atoms with E-state index in [-0.39, 0.29) is 5.91 Å². The molecule has 2 aromatic rings. The van der Waals surface area contributed by atoms with E-state index in [4.69, 9.17) is 0 Å². The number of carbonyl (C=O) groups excluding carboxylic acids is 1. The van der Waals surface area contributed by atoms with Gasteiger partial charge in [0.2, 0.25) is 0 Å². The maximum atomic E-state index is 12.6. The Labute approximate surface area is 144 Å². The summed E-state index contributed by atoms with van der Waals surface area (Å²) in [5, 5.41) is 0. The van der Waals surface area contributed by atoms with E-state index in [2.05, 4.69) is 41.1 Å². The van der Waals surface area contributed by atoms with Crippen LogP contribution in [-0.2, 0) is 13.0 Å². The summed E-state index contributed by atoms with van der Waals surface area (Å²) in [5.41, 5.74) is 4.48. The number of hydrogen-bond acceptors (Lipinski definition) is 3. The minimum absolute atomic E-state index is 0.0511. The molecule has 3 rings (SSSR count). The molecule has 0 atom stereocenters. The lowest BCUT2D eigenvalue weighted by molar-refractivity contribution is 0.0793. The summed E-state index contributed by atoms with van der Waals surface area (Å²) in [6.07, 6.45) is 6.68. The topological polar surface area (TPSA) is 36.4 Å². The first kappa shape index (κ1) is 16.5. The van der Waals surface area contributed by atoms with Gasteiger partial charge in [0.1, 0.15) is 0 Å². The Balaban J connectivity index is 1.75. The highest BCUT2D eigenvalue weighted by atomic mass is 16.2. The van der Waals surface area contributed by atoms with Gasteiger partial charge in [0.15, 0.2) is 0 Å². The second kappa shape index (κ2) is 7.47. The summed E-state index contributed by atoms with van der Waals surface area (Å²) in [4.78, 5) is 21.0. The Hall–Kier alpha value is -2.36. The van der Waals surface area contributed by atoms with E-state index in [0.29, 0.717) is 5.56 Å². The fourth-order valence-electron chi connectivity index (χ4n) is 3.15. The average Bonchev–Trinajstić information content (AvgIpc) is 2.65. The fourth-order valence-corrected chi connectivity index (χ4v) is 3.15. The zero-order valence-electron chi connectivity index (χ0n) is 14.5. The largest absolute Gasteiger partial charge is 0.366 e. The molecule has 1 amide bonds. The van der Waals surface area contributed by atoms with Gasteiger partial charge in [-0.05, 0) is 30.0 Å². The molecule has 0 saturated heterocycles. The second-order valence-electron chi connectivity index (χ2n) is 6.45. The molecule has 126 valence electrons. The van der Waals surface area contributed by atoms with Crippen LogP contribution in [0.4, 0.5) is 5.69 Å². The van der Waals surface area contributed by atoms with Gasteiger partial charge in [0.25, 0.3) is 5.91 Å². The molecule has 4 heteroatoms. The van der Waals surface area contributed by atoms with Crippen LogP contribution in [0.3, 0.4) is 0 Å². The van der Waals surface area contributed by atoms with E-state index in [0.717, 1.165) is 44.6 Å². The molecule has 2 heterocycles. The third-order valence-corrected chi connectivity index (χ3v) is 4.66. The van der Waals surface area contributed by atoms with Crippen LogP contribution in [0.2, 0.25) is 0 Å². The Morgan fingerprint density at radius 3 is 2.83 bits per heavy atom. The Bertz CT molecular complexity index is 714. The van der Waals surface area contributed by atoms with Gasteiger partial charge in [-0.15, -0.1) is 0 Å². The Kier molecular flexibility index (Phi) is 5.14. The number of aromatic nitrogens is 1. The van der Waals surface area contributed by atoms with Gasteiger partial charge in [-0.2, -0.15) is 0 Å². The van der Waals surface area contributed by atoms with Gasteiger partial charge in [-0.3, -0.25) is 9.78 Å². The van der Waals surface area contributed by atoms with Crippen molar-refractivity contribution in [2.45, 2.75) is 32.7 Å². The molecule has 24 heavy (non-hydrogen) atoms. The number of pyridine rings is 1. The van der Waals surface area contributed by atoms with Crippen LogP contribution < -0.4 is 4.90 Å². The van der Waals surface area contributed by atoms with Crippen molar-refractivity contribution in [3.8, 4) is 0 Å². The highest BCUT2D eigenvalue weighted by molar-refractivity contribution is 5.94. The SMILES string of the molecule is CCCCN(C)C(=O)c1cncc(N2CCc3ccccc3C2)c1. The first-order valence-corrected chi connectivity index (χ1v) is 8.71. The van der Waals surface area contributed by atoms with E-state index in [1.165, 1.54) is 11.1 Å². The first-order valence-electron chi connectivity index (χ1n) is 8.71. The average molecular weight is 323 g/mol. The maximum absolute atomic E-state index is 12.6. The Morgan fingerprint density at radius 2 is 2.04 bits per heavy atom. The molecule has 0 N–H and O–H groups in total. The summed E-state index contributed by atoms with van der Waals surface area (Å²) in [6, 6.07) is 10.5. The lowest BCUT2D eigenvalue weighted by Gasteiger charge is -2.30. The van der Waals surface area contributed by atoms with E-state index >= 15 is 0 Å². The molecule has 0 saturated carbocycles. The molecule has 0 unspecified atom stereocenters. The molecule has 4 nitrogen and oxygen atoms in total. The molecule has 0 fully saturated rings. The van der Waals surface area contributed by atoms with Crippen molar-refractivity contribution in [1.82, 2.24) is 9.88 Å². The zero-order valence-corrected chi connectivity index (χ0v) is 14.5. The van der Waals surface area contributed by atoms with Crippen molar-refractivity contribution in [1.29, 1.82) is 0 Å². The van der Waals surface area contributed by atoms with Gasteiger partial charge in [-0.25, -0.2) is 0 Å². The molecule has 0 aliphatic carbocycles. The van der Waals surface area contributed by atoms with Gasteiger partial charge in [0, 0.05) is 32.9 Å². The number of fused-ring (bicyclic) bond motifs is 1. The number of benzene rings is 1. The number of unbranched alkanes of at least 4 members (excludes halogenated alkanes) is 1. The molecule has 0 radical (unpaired) electrons. The van der Waals surface area contributed by atoms with Crippen molar-refractivity contribution in [2.75, 3.05) is 25.0 Å². The number of carbonyl (C=O) groups is 1. The fraction of sp³-hybridized carbons (Fsp3) is 0.400. The van der Waals surface area contributed by atoms with Gasteiger partial charge < -0.3 is 9.80 Å². The highest BCUT2D eigenvalue weighted by Crippen LogP contribution is 2.24. The second-order valence-corrected chi connectivity index (χ2v) is 6.45.